The van der Waals surface area contributed by atoms with Gasteiger partial charge in [0.05, 0.1) is 4.88 Å². The number of benzene rings is 2. The molecule has 1 aromatic heterocycles. The second-order valence-electron chi connectivity index (χ2n) is 5.46. The summed E-state index contributed by atoms with van der Waals surface area (Å²) in [5.41, 5.74) is 2.38. The highest BCUT2D eigenvalue weighted by Crippen LogP contribution is 2.43. The van der Waals surface area contributed by atoms with Crippen molar-refractivity contribution in [3.05, 3.63) is 69.6 Å². The molecule has 1 aliphatic rings. The first-order valence-electron chi connectivity index (χ1n) is 7.02. The number of rotatable bonds is 1. The average Bonchev–Trinajstić information content (AvgIpc) is 2.89. The summed E-state index contributed by atoms with van der Waals surface area (Å²) in [4.78, 5) is 13.4. The van der Waals surface area contributed by atoms with Gasteiger partial charge >= 0.3 is 0 Å². The van der Waals surface area contributed by atoms with Gasteiger partial charge in [0.15, 0.2) is 5.78 Å². The minimum Gasteiger partial charge on any atom is -0.293 e. The molecule has 0 saturated heterocycles. The van der Waals surface area contributed by atoms with Crippen LogP contribution >= 0.6 is 22.9 Å². The summed E-state index contributed by atoms with van der Waals surface area (Å²) in [7, 11) is 0. The third-order valence-corrected chi connectivity index (χ3v) is 5.72. The second-order valence-corrected chi connectivity index (χ2v) is 6.92. The van der Waals surface area contributed by atoms with Crippen LogP contribution in [0.25, 0.3) is 10.1 Å². The zero-order valence-electron chi connectivity index (χ0n) is 11.3. The molecule has 1 unspecified atom stereocenters. The molecule has 0 bridgehead atoms. The molecule has 1 atom stereocenters. The van der Waals surface area contributed by atoms with Gasteiger partial charge in [0.25, 0.3) is 0 Å². The minimum atomic E-state index is 0.252. The molecule has 4 rings (SSSR count). The van der Waals surface area contributed by atoms with Gasteiger partial charge in [-0.1, -0.05) is 48.0 Å². The largest absolute Gasteiger partial charge is 0.293 e. The lowest BCUT2D eigenvalue weighted by Crippen LogP contribution is -2.16. The highest BCUT2D eigenvalue weighted by molar-refractivity contribution is 7.21. The Morgan fingerprint density at radius 3 is 2.62 bits per heavy atom. The van der Waals surface area contributed by atoms with Crippen LogP contribution in [0.5, 0.6) is 0 Å². The molecular weight excluding hydrogens is 300 g/mol. The third kappa shape index (κ3) is 2.10. The number of hydrogen-bond donors (Lipinski definition) is 0. The Morgan fingerprint density at radius 1 is 1.00 bits per heavy atom. The first kappa shape index (κ1) is 13.1. The lowest BCUT2D eigenvalue weighted by Gasteiger charge is -2.22. The van der Waals surface area contributed by atoms with Crippen LogP contribution in [0.15, 0.2) is 48.5 Å². The van der Waals surface area contributed by atoms with Crippen LogP contribution in [0.2, 0.25) is 5.02 Å². The molecular formula is C18H13ClOS. The summed E-state index contributed by atoms with van der Waals surface area (Å²) in [6.07, 6.45) is 1.50. The van der Waals surface area contributed by atoms with Crippen molar-refractivity contribution in [2.75, 3.05) is 0 Å². The summed E-state index contributed by atoms with van der Waals surface area (Å²) in [5.74, 6) is 0.516. The molecule has 0 amide bonds. The summed E-state index contributed by atoms with van der Waals surface area (Å²) < 4.78 is 1.12. The summed E-state index contributed by atoms with van der Waals surface area (Å²) in [6, 6.07) is 16.2. The maximum atomic E-state index is 12.5. The zero-order valence-corrected chi connectivity index (χ0v) is 12.9. The Hall–Kier alpha value is -1.64. The second kappa shape index (κ2) is 4.97. The van der Waals surface area contributed by atoms with Crippen molar-refractivity contribution in [3.8, 4) is 0 Å². The van der Waals surface area contributed by atoms with Crippen LogP contribution in [0, 0.1) is 0 Å². The van der Waals surface area contributed by atoms with Gasteiger partial charge in [0.2, 0.25) is 0 Å². The maximum absolute atomic E-state index is 12.5. The predicted octanol–water partition coefficient (Wildman–Crippen LogP) is 5.47. The number of Topliss-reactive ketones (excluding diaryl/α,β-unsaturated/α-hetero) is 1. The molecule has 0 aliphatic heterocycles. The van der Waals surface area contributed by atoms with Gasteiger partial charge in [-0.2, -0.15) is 0 Å². The molecule has 0 spiro atoms. The summed E-state index contributed by atoms with van der Waals surface area (Å²) in [6.45, 7) is 0. The Labute approximate surface area is 132 Å². The molecule has 3 heteroatoms. The number of hydrogen-bond acceptors (Lipinski definition) is 2. The van der Waals surface area contributed by atoms with E-state index in [1.54, 1.807) is 11.3 Å². The van der Waals surface area contributed by atoms with Gasteiger partial charge in [0, 0.05) is 21.5 Å². The molecule has 2 aromatic carbocycles. The number of carbonyl (C=O) groups is 1. The molecule has 1 nitrogen and oxygen atoms in total. The van der Waals surface area contributed by atoms with Crippen molar-refractivity contribution < 1.29 is 4.79 Å². The highest BCUT2D eigenvalue weighted by atomic mass is 35.5. The SMILES string of the molecule is O=C1CC(c2ccccc2)Cc2c1sc1cccc(Cl)c21. The Balaban J connectivity index is 1.87. The van der Waals surface area contributed by atoms with Crippen LogP contribution in [0.1, 0.15) is 33.1 Å². The van der Waals surface area contributed by atoms with E-state index >= 15 is 0 Å². The number of thiophene rings is 1. The molecule has 0 N–H and O–H groups in total. The van der Waals surface area contributed by atoms with E-state index in [9.17, 15) is 4.79 Å². The molecule has 1 aliphatic carbocycles. The van der Waals surface area contributed by atoms with Crippen molar-refractivity contribution >= 4 is 38.8 Å². The number of fused-ring (bicyclic) bond motifs is 3. The van der Waals surface area contributed by atoms with Crippen LogP contribution in [-0.2, 0) is 6.42 Å². The predicted molar refractivity (Wildman–Crippen MR) is 88.7 cm³/mol. The molecule has 104 valence electrons. The van der Waals surface area contributed by atoms with Crippen molar-refractivity contribution in [3.63, 3.8) is 0 Å². The van der Waals surface area contributed by atoms with Crippen molar-refractivity contribution in [1.29, 1.82) is 0 Å². The van der Waals surface area contributed by atoms with Gasteiger partial charge in [0.1, 0.15) is 0 Å². The Morgan fingerprint density at radius 2 is 1.81 bits per heavy atom. The van der Waals surface area contributed by atoms with E-state index < -0.39 is 0 Å². The number of halogens is 1. The van der Waals surface area contributed by atoms with E-state index in [1.165, 1.54) is 5.56 Å². The third-order valence-electron chi connectivity index (χ3n) is 4.17. The van der Waals surface area contributed by atoms with E-state index in [4.69, 9.17) is 11.6 Å². The summed E-state index contributed by atoms with van der Waals surface area (Å²) >= 11 is 7.96. The first-order valence-corrected chi connectivity index (χ1v) is 8.21. The van der Waals surface area contributed by atoms with E-state index in [2.05, 4.69) is 18.2 Å². The fraction of sp³-hybridized carbons (Fsp3) is 0.167. The molecule has 21 heavy (non-hydrogen) atoms. The highest BCUT2D eigenvalue weighted by Gasteiger charge is 2.30. The Kier molecular flexibility index (Phi) is 3.09. The van der Waals surface area contributed by atoms with Gasteiger partial charge in [-0.25, -0.2) is 0 Å². The van der Waals surface area contributed by atoms with E-state index in [1.807, 2.05) is 30.3 Å². The monoisotopic (exact) mass is 312 g/mol. The van der Waals surface area contributed by atoms with E-state index in [-0.39, 0.29) is 11.7 Å². The molecule has 1 heterocycles. The molecule has 0 fully saturated rings. The fourth-order valence-electron chi connectivity index (χ4n) is 3.18. The van der Waals surface area contributed by atoms with Crippen molar-refractivity contribution in [1.82, 2.24) is 0 Å². The molecule has 0 radical (unpaired) electrons. The normalized spacial score (nSPS) is 18.0. The van der Waals surface area contributed by atoms with Crippen LogP contribution in [0.4, 0.5) is 0 Å². The molecule has 0 saturated carbocycles. The van der Waals surface area contributed by atoms with Crippen molar-refractivity contribution in [2.45, 2.75) is 18.8 Å². The first-order chi connectivity index (χ1) is 10.2. The van der Waals surface area contributed by atoms with E-state index in [0.29, 0.717) is 6.42 Å². The van der Waals surface area contributed by atoms with Gasteiger partial charge in [-0.3, -0.25) is 4.79 Å². The Bertz CT molecular complexity index is 835. The van der Waals surface area contributed by atoms with Gasteiger partial charge < -0.3 is 0 Å². The smallest absolute Gasteiger partial charge is 0.173 e. The van der Waals surface area contributed by atoms with Crippen LogP contribution in [0.3, 0.4) is 0 Å². The summed E-state index contributed by atoms with van der Waals surface area (Å²) in [5, 5.41) is 1.83. The minimum absolute atomic E-state index is 0.252. The average molecular weight is 313 g/mol. The topological polar surface area (TPSA) is 17.1 Å². The molecule has 3 aromatic rings. The standard InChI is InChI=1S/C18H13ClOS/c19-14-7-4-8-16-17(14)13-9-12(10-15(20)18(13)21-16)11-5-2-1-3-6-11/h1-8,12H,9-10H2. The van der Waals surface area contributed by atoms with Gasteiger partial charge in [-0.15, -0.1) is 11.3 Å². The zero-order chi connectivity index (χ0) is 14.4. The number of carbonyl (C=O) groups excluding carboxylic acids is 1. The lowest BCUT2D eigenvalue weighted by molar-refractivity contribution is 0.0969. The van der Waals surface area contributed by atoms with Gasteiger partial charge in [-0.05, 0) is 35.6 Å². The van der Waals surface area contributed by atoms with Crippen molar-refractivity contribution in [2.24, 2.45) is 0 Å². The number of ketones is 1. The fourth-order valence-corrected chi connectivity index (χ4v) is 4.74. The quantitative estimate of drug-likeness (QED) is 0.582. The lowest BCUT2D eigenvalue weighted by atomic mass is 9.82. The van der Waals surface area contributed by atoms with Crippen LogP contribution < -0.4 is 0 Å². The van der Waals surface area contributed by atoms with E-state index in [0.717, 1.165) is 32.0 Å². The van der Waals surface area contributed by atoms with Crippen LogP contribution in [-0.4, -0.2) is 5.78 Å². The maximum Gasteiger partial charge on any atom is 0.173 e.